The highest BCUT2D eigenvalue weighted by molar-refractivity contribution is 6.09. The first kappa shape index (κ1) is 28.6. The van der Waals surface area contributed by atoms with E-state index >= 15 is 0 Å². The Morgan fingerprint density at radius 2 is 1.00 bits per heavy atom. The maximum absolute atomic E-state index is 2.51. The Morgan fingerprint density at radius 1 is 0.400 bits per heavy atom. The molecule has 2 heterocycles. The minimum atomic E-state index is 0.286. The van der Waals surface area contributed by atoms with Gasteiger partial charge in [0.1, 0.15) is 0 Å². The summed E-state index contributed by atoms with van der Waals surface area (Å²) in [7, 11) is 0. The van der Waals surface area contributed by atoms with Gasteiger partial charge in [-0.05, 0) is 82.8 Å². The molecule has 0 radical (unpaired) electrons. The number of benzene rings is 7. The van der Waals surface area contributed by atoms with E-state index in [2.05, 4.69) is 197 Å². The summed E-state index contributed by atoms with van der Waals surface area (Å²) in [6.07, 6.45) is 5.92. The highest BCUT2D eigenvalue weighted by Crippen LogP contribution is 2.36. The van der Waals surface area contributed by atoms with E-state index in [1.165, 1.54) is 82.5 Å². The molecular weight excluding hydrogens is 605 g/mol. The molecule has 1 aliphatic carbocycles. The number of hydrogen-bond donors (Lipinski definition) is 0. The zero-order valence-corrected chi connectivity index (χ0v) is 27.6. The average molecular weight is 639 g/mol. The number of hydrogen-bond acceptors (Lipinski definition) is 0. The van der Waals surface area contributed by atoms with Crippen molar-refractivity contribution in [3.8, 4) is 33.6 Å². The van der Waals surface area contributed by atoms with Crippen LogP contribution in [0.3, 0.4) is 0 Å². The van der Waals surface area contributed by atoms with Gasteiger partial charge in [-0.3, -0.25) is 0 Å². The van der Waals surface area contributed by atoms with Gasteiger partial charge in [-0.1, -0.05) is 140 Å². The van der Waals surface area contributed by atoms with Crippen LogP contribution in [-0.2, 0) is 0 Å². The van der Waals surface area contributed by atoms with Gasteiger partial charge in [0.05, 0.1) is 16.6 Å². The zero-order valence-electron chi connectivity index (χ0n) is 27.6. The van der Waals surface area contributed by atoms with Gasteiger partial charge < -0.3 is 9.13 Å². The summed E-state index contributed by atoms with van der Waals surface area (Å²) in [6, 6.07) is 63.9. The molecule has 0 aliphatic heterocycles. The fraction of sp³-hybridized carbons (Fsp3) is 0.0417. The molecule has 2 aromatic heterocycles. The summed E-state index contributed by atoms with van der Waals surface area (Å²) in [6.45, 7) is 0. The zero-order chi connectivity index (χ0) is 33.0. The normalized spacial score (nSPS) is 14.0. The molecule has 0 saturated heterocycles. The lowest BCUT2D eigenvalue weighted by Gasteiger charge is -2.16. The van der Waals surface area contributed by atoms with Gasteiger partial charge in [-0.2, -0.15) is 0 Å². The Hall–Kier alpha value is -6.38. The number of fused-ring (bicyclic) bond motifs is 6. The first-order chi connectivity index (χ1) is 24.8. The molecule has 0 bridgehead atoms. The van der Waals surface area contributed by atoms with Crippen LogP contribution in [0.15, 0.2) is 176 Å². The second-order valence-electron chi connectivity index (χ2n) is 13.3. The van der Waals surface area contributed by atoms with Crippen LogP contribution in [0.1, 0.15) is 17.9 Å². The molecule has 1 atom stereocenters. The SMILES string of the molecule is C1=c2c(n(-c3cccc(-c4ccccc4)c3)c3ccccc23)=CCC1c1ccc2c(c1)c1ccccc1n2-c1ccc(-c2ccccc2)cc1. The van der Waals surface area contributed by atoms with E-state index in [0.717, 1.165) is 6.42 Å². The molecule has 7 aromatic carbocycles. The molecule has 0 saturated carbocycles. The molecule has 1 aliphatic rings. The van der Waals surface area contributed by atoms with Crippen molar-refractivity contribution in [3.63, 3.8) is 0 Å². The van der Waals surface area contributed by atoms with Crippen LogP contribution >= 0.6 is 0 Å². The fourth-order valence-corrected chi connectivity index (χ4v) is 8.07. The van der Waals surface area contributed by atoms with E-state index in [-0.39, 0.29) is 5.92 Å². The Kier molecular flexibility index (Phi) is 6.67. The van der Waals surface area contributed by atoms with Crippen LogP contribution in [0.25, 0.3) is 78.5 Å². The van der Waals surface area contributed by atoms with Crippen molar-refractivity contribution in [1.29, 1.82) is 0 Å². The summed E-state index contributed by atoms with van der Waals surface area (Å²) in [4.78, 5) is 0. The Morgan fingerprint density at radius 3 is 1.76 bits per heavy atom. The highest BCUT2D eigenvalue weighted by atomic mass is 15.0. The molecule has 1 unspecified atom stereocenters. The lowest BCUT2D eigenvalue weighted by atomic mass is 9.90. The Labute approximate surface area is 291 Å². The maximum Gasteiger partial charge on any atom is 0.0541 e. The van der Waals surface area contributed by atoms with Gasteiger partial charge >= 0.3 is 0 Å². The summed E-state index contributed by atoms with van der Waals surface area (Å²) in [5.74, 6) is 0.286. The quantitative estimate of drug-likeness (QED) is 0.178. The monoisotopic (exact) mass is 638 g/mol. The third kappa shape index (κ3) is 4.64. The van der Waals surface area contributed by atoms with Crippen LogP contribution in [0.2, 0.25) is 0 Å². The lowest BCUT2D eigenvalue weighted by molar-refractivity contribution is 0.909. The lowest BCUT2D eigenvalue weighted by Crippen LogP contribution is -2.31. The fourth-order valence-electron chi connectivity index (χ4n) is 8.07. The van der Waals surface area contributed by atoms with Crippen molar-refractivity contribution >= 4 is 44.9 Å². The molecule has 2 nitrogen and oxygen atoms in total. The van der Waals surface area contributed by atoms with E-state index in [1.54, 1.807) is 0 Å². The first-order valence-electron chi connectivity index (χ1n) is 17.5. The van der Waals surface area contributed by atoms with E-state index < -0.39 is 0 Å². The van der Waals surface area contributed by atoms with Gasteiger partial charge in [0.25, 0.3) is 0 Å². The second kappa shape index (κ2) is 11.6. The Balaban J connectivity index is 1.08. The topological polar surface area (TPSA) is 9.86 Å². The predicted molar refractivity (Wildman–Crippen MR) is 210 cm³/mol. The third-order valence-corrected chi connectivity index (χ3v) is 10.5. The van der Waals surface area contributed by atoms with Crippen molar-refractivity contribution in [3.05, 3.63) is 192 Å². The second-order valence-corrected chi connectivity index (χ2v) is 13.3. The molecule has 50 heavy (non-hydrogen) atoms. The molecule has 236 valence electrons. The van der Waals surface area contributed by atoms with E-state index in [0.29, 0.717) is 0 Å². The summed E-state index contributed by atoms with van der Waals surface area (Å²) in [5, 5.41) is 6.48. The summed E-state index contributed by atoms with van der Waals surface area (Å²) in [5.41, 5.74) is 12.4. The predicted octanol–water partition coefficient (Wildman–Crippen LogP) is 10.8. The van der Waals surface area contributed by atoms with Crippen molar-refractivity contribution in [1.82, 2.24) is 9.13 Å². The van der Waals surface area contributed by atoms with Gasteiger partial charge in [0.15, 0.2) is 0 Å². The van der Waals surface area contributed by atoms with Crippen LogP contribution < -0.4 is 10.6 Å². The van der Waals surface area contributed by atoms with E-state index in [9.17, 15) is 0 Å². The third-order valence-electron chi connectivity index (χ3n) is 10.5. The molecular formula is C48H34N2. The van der Waals surface area contributed by atoms with Crippen molar-refractivity contribution in [2.24, 2.45) is 0 Å². The van der Waals surface area contributed by atoms with Crippen LogP contribution in [-0.4, -0.2) is 9.13 Å². The number of para-hydroxylation sites is 2. The molecule has 0 amide bonds. The van der Waals surface area contributed by atoms with Gasteiger partial charge in [0, 0.05) is 44.0 Å². The smallest absolute Gasteiger partial charge is 0.0541 e. The maximum atomic E-state index is 2.51. The Bertz CT molecular complexity index is 2820. The molecule has 9 aromatic rings. The molecule has 2 heteroatoms. The minimum absolute atomic E-state index is 0.286. The largest absolute Gasteiger partial charge is 0.310 e. The minimum Gasteiger partial charge on any atom is -0.310 e. The number of rotatable bonds is 5. The highest BCUT2D eigenvalue weighted by Gasteiger charge is 2.19. The first-order valence-corrected chi connectivity index (χ1v) is 17.5. The van der Waals surface area contributed by atoms with Crippen molar-refractivity contribution in [2.45, 2.75) is 12.3 Å². The number of aromatic nitrogens is 2. The molecule has 0 fully saturated rings. The van der Waals surface area contributed by atoms with Crippen LogP contribution in [0.5, 0.6) is 0 Å². The van der Waals surface area contributed by atoms with Gasteiger partial charge in [0.2, 0.25) is 0 Å². The van der Waals surface area contributed by atoms with Crippen molar-refractivity contribution in [2.75, 3.05) is 0 Å². The van der Waals surface area contributed by atoms with Crippen LogP contribution in [0.4, 0.5) is 0 Å². The van der Waals surface area contributed by atoms with Crippen molar-refractivity contribution < 1.29 is 0 Å². The van der Waals surface area contributed by atoms with Gasteiger partial charge in [-0.25, -0.2) is 0 Å². The van der Waals surface area contributed by atoms with E-state index in [4.69, 9.17) is 0 Å². The van der Waals surface area contributed by atoms with Gasteiger partial charge in [-0.15, -0.1) is 0 Å². The molecule has 0 spiro atoms. The number of nitrogens with zero attached hydrogens (tertiary/aromatic N) is 2. The average Bonchev–Trinajstić information content (AvgIpc) is 3.71. The van der Waals surface area contributed by atoms with Crippen LogP contribution in [0, 0.1) is 0 Å². The molecule has 10 rings (SSSR count). The van der Waals surface area contributed by atoms with E-state index in [1.807, 2.05) is 0 Å². The molecule has 0 N–H and O–H groups in total. The standard InChI is InChI=1S/C48H34N2/c1-3-12-33(13-4-1)35-22-26-39(27-23-35)49-45-20-9-7-18-41(45)43-31-37(24-28-47(43)49)38-25-29-48-44(32-38)42-19-8-10-21-46(42)50(48)40-17-11-16-36(30-40)34-14-5-2-6-15-34/h1-24,26-32,38H,25H2. The summed E-state index contributed by atoms with van der Waals surface area (Å²) >= 11 is 0. The summed E-state index contributed by atoms with van der Waals surface area (Å²) < 4.78 is 4.86.